The van der Waals surface area contributed by atoms with Crippen LogP contribution in [0.15, 0.2) is 0 Å². The molecule has 6 heteroatoms. The first-order valence-electron chi connectivity index (χ1n) is 37.4. The molecular formula is C74H153N5O. The maximum atomic E-state index is 11.4. The van der Waals surface area contributed by atoms with Gasteiger partial charge >= 0.3 is 0 Å². The van der Waals surface area contributed by atoms with Gasteiger partial charge in [0.25, 0.3) is 0 Å². The van der Waals surface area contributed by atoms with E-state index in [0.29, 0.717) is 5.92 Å². The fourth-order valence-electron chi connectivity index (χ4n) is 13.4. The van der Waals surface area contributed by atoms with Crippen molar-refractivity contribution in [2.45, 2.75) is 357 Å². The predicted molar refractivity (Wildman–Crippen MR) is 361 cm³/mol. The van der Waals surface area contributed by atoms with E-state index in [4.69, 9.17) is 0 Å². The van der Waals surface area contributed by atoms with Crippen LogP contribution in [0.1, 0.15) is 351 Å². The van der Waals surface area contributed by atoms with Gasteiger partial charge in [0.15, 0.2) is 0 Å². The Balaban J connectivity index is 2.94. The summed E-state index contributed by atoms with van der Waals surface area (Å²) in [5.74, 6) is 3.05. The monoisotopic (exact) mass is 1130 g/mol. The Morgan fingerprint density at radius 2 is 0.475 bits per heavy atom. The van der Waals surface area contributed by atoms with Gasteiger partial charge in [-0.2, -0.15) is 0 Å². The number of hydrogen-bond donors (Lipinski definition) is 1. The van der Waals surface area contributed by atoms with Crippen LogP contribution in [-0.2, 0) is 0 Å². The van der Waals surface area contributed by atoms with Crippen LogP contribution in [0, 0.1) is 23.7 Å². The minimum Gasteiger partial charge on any atom is -0.392 e. The standard InChI is InChI=1S/C74H153N5O/c1-10-15-20-25-30-35-40-45-50-70(6)65-77(62-64-78(66-71(7)51-46-41-36-31-26-21-16-11-2)67-72(8)52-47-42-37-32-27-22-17-12-3)61-59-75-55-57-76(58-56-75)60-63-79(68-73(9)53-48-43-38-33-28-23-18-13-4)69-74(80)54-49-44-39-34-29-24-19-14-5/h70-74,80H,10-69H2,1-9H3. The first kappa shape index (κ1) is 77.8. The minimum atomic E-state index is -0.188. The molecule has 6 nitrogen and oxygen atoms in total. The molecule has 1 aliphatic heterocycles. The van der Waals surface area contributed by atoms with Gasteiger partial charge in [0.05, 0.1) is 6.10 Å². The van der Waals surface area contributed by atoms with Gasteiger partial charge in [-0.25, -0.2) is 0 Å². The molecule has 1 heterocycles. The van der Waals surface area contributed by atoms with Crippen molar-refractivity contribution < 1.29 is 5.11 Å². The highest BCUT2D eigenvalue weighted by Crippen LogP contribution is 2.21. The largest absolute Gasteiger partial charge is 0.392 e. The van der Waals surface area contributed by atoms with Crippen LogP contribution in [0.5, 0.6) is 0 Å². The van der Waals surface area contributed by atoms with Crippen molar-refractivity contribution in [3.63, 3.8) is 0 Å². The number of nitrogens with zero attached hydrogens (tertiary/aromatic N) is 5. The van der Waals surface area contributed by atoms with E-state index in [1.807, 2.05) is 0 Å². The molecule has 480 valence electrons. The van der Waals surface area contributed by atoms with E-state index < -0.39 is 0 Å². The molecule has 0 saturated carbocycles. The van der Waals surface area contributed by atoms with Crippen LogP contribution in [0.2, 0.25) is 0 Å². The third-order valence-electron chi connectivity index (χ3n) is 19.0. The average molecular weight is 1130 g/mol. The van der Waals surface area contributed by atoms with E-state index in [0.717, 1.165) is 50.4 Å². The van der Waals surface area contributed by atoms with E-state index in [2.05, 4.69) is 86.8 Å². The Morgan fingerprint density at radius 3 is 0.762 bits per heavy atom. The Labute approximate surface area is 506 Å². The van der Waals surface area contributed by atoms with Crippen molar-refractivity contribution in [3.8, 4) is 0 Å². The molecule has 5 atom stereocenters. The van der Waals surface area contributed by atoms with E-state index in [1.165, 1.54) is 355 Å². The summed E-state index contributed by atoms with van der Waals surface area (Å²) in [6.07, 6.45) is 62.4. The molecule has 0 aromatic carbocycles. The summed E-state index contributed by atoms with van der Waals surface area (Å²) in [4.78, 5) is 14.2. The zero-order valence-corrected chi connectivity index (χ0v) is 57.0. The first-order valence-corrected chi connectivity index (χ1v) is 37.4. The van der Waals surface area contributed by atoms with Gasteiger partial charge in [0.1, 0.15) is 0 Å². The smallest absolute Gasteiger partial charge is 0.0667 e. The Kier molecular flexibility index (Phi) is 57.5. The van der Waals surface area contributed by atoms with Gasteiger partial charge < -0.3 is 14.9 Å². The quantitative estimate of drug-likeness (QED) is 0.0612. The molecule has 0 aromatic rings. The third-order valence-corrected chi connectivity index (χ3v) is 19.0. The highest BCUT2D eigenvalue weighted by Gasteiger charge is 2.22. The lowest BCUT2D eigenvalue weighted by Gasteiger charge is -2.38. The fraction of sp³-hybridized carbons (Fsp3) is 1.00. The van der Waals surface area contributed by atoms with Crippen LogP contribution in [0.3, 0.4) is 0 Å². The van der Waals surface area contributed by atoms with E-state index >= 15 is 0 Å². The average Bonchev–Trinajstić information content (AvgIpc) is 3.44. The Bertz CT molecular complexity index is 1140. The van der Waals surface area contributed by atoms with Crippen LogP contribution >= 0.6 is 0 Å². The summed E-state index contributed by atoms with van der Waals surface area (Å²) in [5.41, 5.74) is 0. The lowest BCUT2D eigenvalue weighted by Crippen LogP contribution is -2.51. The van der Waals surface area contributed by atoms with Crippen LogP contribution in [0.4, 0.5) is 0 Å². The van der Waals surface area contributed by atoms with Gasteiger partial charge in [-0.15, -0.1) is 0 Å². The lowest BCUT2D eigenvalue weighted by atomic mass is 9.98. The number of hydrogen-bond acceptors (Lipinski definition) is 6. The van der Waals surface area contributed by atoms with Crippen molar-refractivity contribution in [2.24, 2.45) is 23.7 Å². The van der Waals surface area contributed by atoms with Crippen molar-refractivity contribution in [3.05, 3.63) is 0 Å². The molecular weight excluding hydrogens is 975 g/mol. The summed E-state index contributed by atoms with van der Waals surface area (Å²) in [6, 6.07) is 0. The van der Waals surface area contributed by atoms with Crippen LogP contribution < -0.4 is 0 Å². The topological polar surface area (TPSA) is 36.4 Å². The number of unbranched alkanes of at least 4 members (excludes halogenated alkanes) is 35. The van der Waals surface area contributed by atoms with Gasteiger partial charge in [-0.1, -0.05) is 319 Å². The maximum absolute atomic E-state index is 11.4. The van der Waals surface area contributed by atoms with Gasteiger partial charge in [-0.05, 0) is 55.8 Å². The van der Waals surface area contributed by atoms with E-state index in [1.54, 1.807) is 0 Å². The number of aliphatic hydroxyl groups excluding tert-OH is 1. The normalized spacial score (nSPS) is 15.7. The van der Waals surface area contributed by atoms with Crippen LogP contribution in [-0.4, -0.2) is 134 Å². The minimum absolute atomic E-state index is 0.188. The number of piperazine rings is 1. The molecule has 1 aliphatic rings. The summed E-state index contributed by atoms with van der Waals surface area (Å²) in [5, 5.41) is 11.4. The molecule has 1 fully saturated rings. The predicted octanol–water partition coefficient (Wildman–Crippen LogP) is 21.1. The van der Waals surface area contributed by atoms with Gasteiger partial charge in [0, 0.05) is 98.2 Å². The zero-order valence-electron chi connectivity index (χ0n) is 57.0. The second-order valence-electron chi connectivity index (χ2n) is 27.9. The molecule has 0 aliphatic carbocycles. The maximum Gasteiger partial charge on any atom is 0.0667 e. The number of aliphatic hydroxyl groups is 1. The molecule has 0 radical (unpaired) electrons. The molecule has 1 rings (SSSR count). The second kappa shape index (κ2) is 59.1. The van der Waals surface area contributed by atoms with Crippen molar-refractivity contribution in [1.82, 2.24) is 24.5 Å². The lowest BCUT2D eigenvalue weighted by molar-refractivity contribution is 0.0731. The molecule has 5 unspecified atom stereocenters. The summed E-state index contributed by atoms with van der Waals surface area (Å²) in [7, 11) is 0. The Hall–Kier alpha value is -0.240. The molecule has 0 aromatic heterocycles. The van der Waals surface area contributed by atoms with Crippen molar-refractivity contribution in [1.29, 1.82) is 0 Å². The van der Waals surface area contributed by atoms with Crippen molar-refractivity contribution in [2.75, 3.05) is 98.2 Å². The third kappa shape index (κ3) is 51.0. The molecule has 0 bridgehead atoms. The summed E-state index contributed by atoms with van der Waals surface area (Å²) < 4.78 is 0. The Morgan fingerprint density at radius 1 is 0.263 bits per heavy atom. The molecule has 1 N–H and O–H groups in total. The van der Waals surface area contributed by atoms with Crippen molar-refractivity contribution >= 4 is 0 Å². The van der Waals surface area contributed by atoms with Gasteiger partial charge in [0.2, 0.25) is 0 Å². The zero-order chi connectivity index (χ0) is 58.2. The summed E-state index contributed by atoms with van der Waals surface area (Å²) >= 11 is 0. The van der Waals surface area contributed by atoms with Gasteiger partial charge in [-0.3, -0.25) is 14.7 Å². The molecule has 1 saturated heterocycles. The fourth-order valence-corrected chi connectivity index (χ4v) is 13.4. The SMILES string of the molecule is CCCCCCCCCCC(C)CN(CCN1CCN(CCN(CC(C)CCCCCCCCCC)CC(O)CCCCCCCCCC)CC1)CCN(CC(C)CCCCCCCCCC)CC(C)CCCCCCCCCC. The molecule has 0 amide bonds. The first-order chi connectivity index (χ1) is 39.1. The molecule has 0 spiro atoms. The summed E-state index contributed by atoms with van der Waals surface area (Å²) in [6.45, 7) is 39.7. The van der Waals surface area contributed by atoms with E-state index in [-0.39, 0.29) is 6.10 Å². The highest BCUT2D eigenvalue weighted by molar-refractivity contribution is 4.78. The van der Waals surface area contributed by atoms with Crippen LogP contribution in [0.25, 0.3) is 0 Å². The molecule has 80 heavy (non-hydrogen) atoms. The highest BCUT2D eigenvalue weighted by atomic mass is 16.3. The van der Waals surface area contributed by atoms with E-state index in [9.17, 15) is 5.11 Å². The number of rotatable bonds is 64. The second-order valence-corrected chi connectivity index (χ2v) is 27.9.